The van der Waals surface area contributed by atoms with Crippen molar-refractivity contribution in [1.82, 2.24) is 15.1 Å². The Bertz CT molecular complexity index is 1030. The topological polar surface area (TPSA) is 83.0 Å². The first-order chi connectivity index (χ1) is 14.8. The average Bonchev–Trinajstić information content (AvgIpc) is 3.18. The lowest BCUT2D eigenvalue weighted by Crippen LogP contribution is -2.46. The van der Waals surface area contributed by atoms with Gasteiger partial charge >= 0.3 is 0 Å². The van der Waals surface area contributed by atoms with Gasteiger partial charge in [0.2, 0.25) is 5.72 Å². The fourth-order valence-corrected chi connectivity index (χ4v) is 4.90. The van der Waals surface area contributed by atoms with Crippen molar-refractivity contribution < 1.29 is 14.4 Å². The lowest BCUT2D eigenvalue weighted by molar-refractivity contribution is 0.0138. The number of aromatic amines is 1. The van der Waals surface area contributed by atoms with Gasteiger partial charge in [0, 0.05) is 36.5 Å². The van der Waals surface area contributed by atoms with Gasteiger partial charge in [-0.15, -0.1) is 0 Å². The average molecular weight is 424 g/mol. The summed E-state index contributed by atoms with van der Waals surface area (Å²) in [6, 6.07) is 9.83. The lowest BCUT2D eigenvalue weighted by Gasteiger charge is -2.32. The zero-order valence-electron chi connectivity index (χ0n) is 18.6. The number of carbonyl (C=O) groups is 1. The molecule has 3 heterocycles. The second kappa shape index (κ2) is 7.00. The Morgan fingerprint density at radius 1 is 1.26 bits per heavy atom. The minimum atomic E-state index is -0.573. The number of aromatic nitrogens is 2. The number of hydrogen-bond donors (Lipinski definition) is 1. The molecule has 1 amide bonds. The third-order valence-electron chi connectivity index (χ3n) is 6.66. The van der Waals surface area contributed by atoms with E-state index in [0.717, 1.165) is 36.1 Å². The van der Waals surface area contributed by atoms with Crippen LogP contribution in [-0.2, 0) is 4.84 Å². The molecule has 1 unspecified atom stereocenters. The predicted molar refractivity (Wildman–Crippen MR) is 117 cm³/mol. The van der Waals surface area contributed by atoms with Crippen LogP contribution in [0.15, 0.2) is 35.5 Å². The molecule has 3 atom stereocenters. The van der Waals surface area contributed by atoms with Gasteiger partial charge in [-0.05, 0) is 49.8 Å². The second-order valence-corrected chi connectivity index (χ2v) is 9.45. The summed E-state index contributed by atoms with van der Waals surface area (Å²) in [7, 11) is 1.67. The quantitative estimate of drug-likeness (QED) is 0.797. The third kappa shape index (κ3) is 3.25. The lowest BCUT2D eigenvalue weighted by atomic mass is 10.1. The smallest absolute Gasteiger partial charge is 0.274 e. The Morgan fingerprint density at radius 3 is 2.65 bits per heavy atom. The number of carbonyl (C=O) groups excluding carboxylic acids is 1. The Balaban J connectivity index is 1.30. The molecule has 2 aliphatic heterocycles. The molecule has 1 saturated carbocycles. The first-order valence-electron chi connectivity index (χ1n) is 10.8. The summed E-state index contributed by atoms with van der Waals surface area (Å²) in [5, 5.41) is 11.7. The van der Waals surface area contributed by atoms with Crippen LogP contribution in [0.25, 0.3) is 0 Å². The molecule has 1 aliphatic carbocycles. The van der Waals surface area contributed by atoms with Gasteiger partial charge in [-0.25, -0.2) is 0 Å². The maximum Gasteiger partial charge on any atom is 0.274 e. The van der Waals surface area contributed by atoms with Crippen molar-refractivity contribution in [2.45, 2.75) is 39.3 Å². The van der Waals surface area contributed by atoms with Gasteiger partial charge in [0.05, 0.1) is 7.11 Å². The highest BCUT2D eigenvalue weighted by atomic mass is 16.7. The summed E-state index contributed by atoms with van der Waals surface area (Å²) in [6.45, 7) is 9.64. The van der Waals surface area contributed by atoms with Crippen LogP contribution < -0.4 is 9.64 Å². The van der Waals surface area contributed by atoms with Crippen molar-refractivity contribution in [3.8, 4) is 5.75 Å². The van der Waals surface area contributed by atoms with Crippen molar-refractivity contribution in [3.05, 3.63) is 41.7 Å². The zero-order valence-corrected chi connectivity index (χ0v) is 18.6. The van der Waals surface area contributed by atoms with Gasteiger partial charge < -0.3 is 14.5 Å². The van der Waals surface area contributed by atoms with Crippen molar-refractivity contribution >= 4 is 17.4 Å². The van der Waals surface area contributed by atoms with Crippen molar-refractivity contribution in [2.75, 3.05) is 25.1 Å². The number of methoxy groups -OCH3 is 1. The van der Waals surface area contributed by atoms with Crippen LogP contribution in [0.4, 0.5) is 5.69 Å². The van der Waals surface area contributed by atoms with E-state index in [2.05, 4.69) is 34.1 Å². The number of fused-ring (bicyclic) bond motifs is 1. The fraction of sp³-hybridized carbons (Fsp3) is 0.522. The van der Waals surface area contributed by atoms with Gasteiger partial charge in [0.1, 0.15) is 11.4 Å². The number of hydrogen-bond acceptors (Lipinski definition) is 6. The Hall–Kier alpha value is -3.03. The van der Waals surface area contributed by atoms with Crippen LogP contribution >= 0.6 is 0 Å². The SMILES string of the molecule is COc1cccc(N2C(C3[C@H]4CN(C(=O)c5cc(C(C)C)[nH]n5)C[C@@H]34)=NOC2(C)C)c1. The fourth-order valence-electron chi connectivity index (χ4n) is 4.90. The molecule has 3 aliphatic rings. The number of benzene rings is 1. The summed E-state index contributed by atoms with van der Waals surface area (Å²) in [6.07, 6.45) is 0. The maximum atomic E-state index is 12.9. The van der Waals surface area contributed by atoms with Gasteiger partial charge in [-0.1, -0.05) is 25.1 Å². The van der Waals surface area contributed by atoms with E-state index in [1.807, 2.05) is 49.1 Å². The van der Waals surface area contributed by atoms with Crippen LogP contribution in [0.5, 0.6) is 5.75 Å². The predicted octanol–water partition coefficient (Wildman–Crippen LogP) is 3.45. The van der Waals surface area contributed by atoms with Crippen molar-refractivity contribution in [3.63, 3.8) is 0 Å². The molecule has 1 N–H and O–H groups in total. The number of nitrogens with zero attached hydrogens (tertiary/aromatic N) is 4. The first-order valence-corrected chi connectivity index (χ1v) is 10.8. The Labute approximate surface area is 182 Å². The van der Waals surface area contributed by atoms with Gasteiger partial charge in [-0.2, -0.15) is 5.10 Å². The van der Waals surface area contributed by atoms with Crippen LogP contribution in [0.2, 0.25) is 0 Å². The molecular formula is C23H29N5O3. The molecule has 8 heteroatoms. The molecule has 0 bridgehead atoms. The maximum absolute atomic E-state index is 12.9. The molecule has 31 heavy (non-hydrogen) atoms. The molecule has 5 rings (SSSR count). The number of anilines is 1. The van der Waals surface area contributed by atoms with E-state index in [1.165, 1.54) is 0 Å². The molecule has 1 aromatic carbocycles. The first kappa shape index (κ1) is 19.9. The number of amidine groups is 1. The molecular weight excluding hydrogens is 394 g/mol. The second-order valence-electron chi connectivity index (χ2n) is 9.45. The number of ether oxygens (including phenoxy) is 1. The van der Waals surface area contributed by atoms with Crippen LogP contribution in [0.1, 0.15) is 49.8 Å². The minimum Gasteiger partial charge on any atom is -0.497 e. The van der Waals surface area contributed by atoms with Gasteiger partial charge in [0.15, 0.2) is 5.84 Å². The number of amides is 1. The molecule has 0 spiro atoms. The molecule has 2 fully saturated rings. The highest BCUT2D eigenvalue weighted by Crippen LogP contribution is 2.55. The summed E-state index contributed by atoms with van der Waals surface area (Å²) in [4.78, 5) is 22.8. The van der Waals surface area contributed by atoms with Gasteiger partial charge in [-0.3, -0.25) is 14.8 Å². The van der Waals surface area contributed by atoms with E-state index in [0.29, 0.717) is 29.4 Å². The van der Waals surface area contributed by atoms with Crippen LogP contribution in [0, 0.1) is 17.8 Å². The number of H-pyrrole nitrogens is 1. The highest BCUT2D eigenvalue weighted by molar-refractivity contribution is 6.03. The number of likely N-dealkylation sites (tertiary alicyclic amines) is 1. The zero-order chi connectivity index (χ0) is 21.9. The molecule has 1 saturated heterocycles. The minimum absolute atomic E-state index is 0.00342. The van der Waals surface area contributed by atoms with E-state index in [4.69, 9.17) is 9.57 Å². The van der Waals surface area contributed by atoms with Crippen molar-refractivity contribution in [1.29, 1.82) is 0 Å². The van der Waals surface area contributed by atoms with Crippen LogP contribution in [0.3, 0.4) is 0 Å². The molecule has 0 radical (unpaired) electrons. The normalized spacial score (nSPS) is 26.0. The van der Waals surface area contributed by atoms with Crippen molar-refractivity contribution in [2.24, 2.45) is 22.9 Å². The van der Waals surface area contributed by atoms with E-state index >= 15 is 0 Å². The number of nitrogens with one attached hydrogen (secondary N) is 1. The summed E-state index contributed by atoms with van der Waals surface area (Å²) >= 11 is 0. The van der Waals surface area contributed by atoms with E-state index < -0.39 is 5.72 Å². The third-order valence-corrected chi connectivity index (χ3v) is 6.66. The highest BCUT2D eigenvalue weighted by Gasteiger charge is 2.62. The molecule has 8 nitrogen and oxygen atoms in total. The summed E-state index contributed by atoms with van der Waals surface area (Å²) in [5.74, 6) is 3.16. The molecule has 164 valence electrons. The Kier molecular flexibility index (Phi) is 4.50. The number of oxime groups is 1. The van der Waals surface area contributed by atoms with E-state index in [1.54, 1.807) is 7.11 Å². The van der Waals surface area contributed by atoms with Crippen LogP contribution in [-0.4, -0.2) is 52.8 Å². The number of rotatable bonds is 5. The number of piperidine rings is 1. The standard InChI is InChI=1S/C23H29N5O3/c1-13(2)18-10-19(25-24-18)22(29)27-11-16-17(12-27)20(16)21-26-31-23(3,4)28(21)14-7-6-8-15(9-14)30-5/h6-10,13,16-17,20H,11-12H2,1-5H3,(H,24,25)/t16-,17+,20?. The monoisotopic (exact) mass is 423 g/mol. The summed E-state index contributed by atoms with van der Waals surface area (Å²) in [5.41, 5.74) is 1.91. The largest absolute Gasteiger partial charge is 0.497 e. The summed E-state index contributed by atoms with van der Waals surface area (Å²) < 4.78 is 5.41. The molecule has 1 aromatic heterocycles. The molecule has 2 aromatic rings. The van der Waals surface area contributed by atoms with E-state index in [9.17, 15) is 4.79 Å². The van der Waals surface area contributed by atoms with E-state index in [-0.39, 0.29) is 5.91 Å². The Morgan fingerprint density at radius 2 is 2.00 bits per heavy atom. The van der Waals surface area contributed by atoms with Gasteiger partial charge in [0.25, 0.3) is 5.91 Å².